The number of aryl methyl sites for hydroxylation is 2. The van der Waals surface area contributed by atoms with E-state index in [4.69, 9.17) is 23.2 Å². The Kier molecular flexibility index (Phi) is 6.03. The highest BCUT2D eigenvalue weighted by atomic mass is 35.5. The van der Waals surface area contributed by atoms with Crippen LogP contribution in [0, 0.1) is 6.92 Å². The van der Waals surface area contributed by atoms with Gasteiger partial charge in [0.15, 0.2) is 0 Å². The van der Waals surface area contributed by atoms with Gasteiger partial charge in [0.25, 0.3) is 5.56 Å². The zero-order valence-electron chi connectivity index (χ0n) is 17.2. The minimum atomic E-state index is -0.418. The molecule has 1 aromatic heterocycles. The third kappa shape index (κ3) is 4.69. The van der Waals surface area contributed by atoms with Gasteiger partial charge in [-0.15, -0.1) is 0 Å². The number of halogens is 2. The van der Waals surface area contributed by atoms with E-state index in [1.165, 1.54) is 10.9 Å². The third-order valence-electron chi connectivity index (χ3n) is 4.87. The van der Waals surface area contributed by atoms with Crippen molar-refractivity contribution in [3.05, 3.63) is 86.9 Å². The van der Waals surface area contributed by atoms with E-state index in [1.54, 1.807) is 43.4 Å². The van der Waals surface area contributed by atoms with Crippen molar-refractivity contribution >= 4 is 62.9 Å². The molecule has 4 rings (SSSR count). The van der Waals surface area contributed by atoms with Gasteiger partial charge in [-0.2, -0.15) is 0 Å². The van der Waals surface area contributed by atoms with E-state index in [1.807, 2.05) is 25.1 Å². The summed E-state index contributed by atoms with van der Waals surface area (Å²) in [6, 6.07) is 15.3. The smallest absolute Gasteiger partial charge is 0.323 e. The lowest BCUT2D eigenvalue weighted by Gasteiger charge is -2.14. The number of aromatic nitrogens is 2. The highest BCUT2D eigenvalue weighted by Crippen LogP contribution is 2.27. The molecule has 0 atom stereocenters. The second-order valence-corrected chi connectivity index (χ2v) is 8.07. The van der Waals surface area contributed by atoms with Crippen molar-refractivity contribution in [2.24, 2.45) is 7.05 Å². The summed E-state index contributed by atoms with van der Waals surface area (Å²) in [5.41, 5.74) is 4.12. The van der Waals surface area contributed by atoms with Gasteiger partial charge in [0.05, 0.1) is 27.3 Å². The molecule has 0 aliphatic heterocycles. The Hall–Kier alpha value is -3.55. The van der Waals surface area contributed by atoms with Gasteiger partial charge in [-0.25, -0.2) is 9.78 Å². The quantitative estimate of drug-likeness (QED) is 0.346. The van der Waals surface area contributed by atoms with Gasteiger partial charge < -0.3 is 20.5 Å². The van der Waals surface area contributed by atoms with E-state index in [2.05, 4.69) is 20.9 Å². The molecular formula is C23H19Cl2N5O2. The number of amides is 2. The second-order valence-electron chi connectivity index (χ2n) is 7.26. The third-order valence-corrected chi connectivity index (χ3v) is 5.61. The lowest BCUT2D eigenvalue weighted by Crippen LogP contribution is -2.19. The van der Waals surface area contributed by atoms with Crippen LogP contribution in [0.5, 0.6) is 0 Å². The number of carbonyl (C=O) groups is 1. The van der Waals surface area contributed by atoms with Crippen molar-refractivity contribution in [1.29, 1.82) is 0 Å². The average Bonchev–Trinajstić information content (AvgIpc) is 2.76. The van der Waals surface area contributed by atoms with Crippen molar-refractivity contribution in [1.82, 2.24) is 9.55 Å². The molecule has 0 fully saturated rings. The summed E-state index contributed by atoms with van der Waals surface area (Å²) in [6.45, 7) is 1.95. The van der Waals surface area contributed by atoms with Gasteiger partial charge >= 0.3 is 6.03 Å². The van der Waals surface area contributed by atoms with Crippen LogP contribution in [0.15, 0.2) is 65.7 Å². The molecule has 4 aromatic rings. The average molecular weight is 468 g/mol. The number of hydrogen-bond acceptors (Lipinski definition) is 4. The molecule has 0 saturated carbocycles. The van der Waals surface area contributed by atoms with Crippen LogP contribution in [0.4, 0.5) is 27.5 Å². The number of anilines is 4. The van der Waals surface area contributed by atoms with E-state index in [9.17, 15) is 9.59 Å². The highest BCUT2D eigenvalue weighted by molar-refractivity contribution is 6.42. The minimum Gasteiger partial charge on any atom is -0.355 e. The van der Waals surface area contributed by atoms with Crippen molar-refractivity contribution in [2.45, 2.75) is 6.92 Å². The SMILES string of the molecule is Cc1ccc(NC(=O)Nc2ccc(Cl)c(Cl)c2)cc1Nc1ccc2ncn(C)c(=O)c2c1. The molecule has 0 aliphatic carbocycles. The molecule has 3 aromatic carbocycles. The van der Waals surface area contributed by atoms with Gasteiger partial charge in [0.1, 0.15) is 0 Å². The Morgan fingerprint density at radius 1 is 0.906 bits per heavy atom. The lowest BCUT2D eigenvalue weighted by atomic mass is 10.1. The van der Waals surface area contributed by atoms with Crippen LogP contribution in [-0.4, -0.2) is 15.6 Å². The monoisotopic (exact) mass is 467 g/mol. The molecule has 162 valence electrons. The molecule has 32 heavy (non-hydrogen) atoms. The van der Waals surface area contributed by atoms with Crippen LogP contribution in [0.2, 0.25) is 10.0 Å². The molecule has 0 bridgehead atoms. The van der Waals surface area contributed by atoms with Crippen molar-refractivity contribution < 1.29 is 4.79 Å². The maximum atomic E-state index is 12.4. The lowest BCUT2D eigenvalue weighted by molar-refractivity contribution is 0.262. The van der Waals surface area contributed by atoms with Crippen LogP contribution < -0.4 is 21.5 Å². The summed E-state index contributed by atoms with van der Waals surface area (Å²) in [5.74, 6) is 0. The number of benzene rings is 3. The van der Waals surface area contributed by atoms with E-state index >= 15 is 0 Å². The first-order valence-electron chi connectivity index (χ1n) is 9.66. The topological polar surface area (TPSA) is 88.1 Å². The molecule has 0 radical (unpaired) electrons. The van der Waals surface area contributed by atoms with Crippen LogP contribution in [-0.2, 0) is 7.05 Å². The second kappa shape index (κ2) is 8.90. The Bertz CT molecular complexity index is 1400. The fourth-order valence-corrected chi connectivity index (χ4v) is 3.44. The van der Waals surface area contributed by atoms with Crippen LogP contribution in [0.3, 0.4) is 0 Å². The zero-order valence-corrected chi connectivity index (χ0v) is 18.8. The first-order valence-corrected chi connectivity index (χ1v) is 10.4. The number of hydrogen-bond donors (Lipinski definition) is 3. The molecule has 3 N–H and O–H groups in total. The summed E-state index contributed by atoms with van der Waals surface area (Å²) < 4.78 is 1.44. The van der Waals surface area contributed by atoms with Crippen molar-refractivity contribution in [3.63, 3.8) is 0 Å². The van der Waals surface area contributed by atoms with Gasteiger partial charge in [0, 0.05) is 29.8 Å². The van der Waals surface area contributed by atoms with Crippen LogP contribution in [0.1, 0.15) is 5.56 Å². The van der Waals surface area contributed by atoms with Gasteiger partial charge in [-0.1, -0.05) is 29.3 Å². The maximum absolute atomic E-state index is 12.4. The molecule has 1 heterocycles. The van der Waals surface area contributed by atoms with Gasteiger partial charge in [0.2, 0.25) is 0 Å². The standard InChI is InChI=1S/C23H19Cl2N5O2/c1-13-3-4-16(29-23(32)28-15-5-7-18(24)19(25)10-15)11-21(13)27-14-6-8-20-17(9-14)22(31)30(2)12-26-20/h3-12,27H,1-2H3,(H2,28,29,32). The van der Waals surface area contributed by atoms with Crippen LogP contribution in [0.25, 0.3) is 10.9 Å². The number of urea groups is 1. The number of carbonyl (C=O) groups excluding carboxylic acids is 1. The molecule has 0 aliphatic rings. The zero-order chi connectivity index (χ0) is 22.8. The van der Waals surface area contributed by atoms with Crippen molar-refractivity contribution in [2.75, 3.05) is 16.0 Å². The van der Waals surface area contributed by atoms with Crippen molar-refractivity contribution in [3.8, 4) is 0 Å². The highest BCUT2D eigenvalue weighted by Gasteiger charge is 2.08. The summed E-state index contributed by atoms with van der Waals surface area (Å²) in [4.78, 5) is 29.0. The van der Waals surface area contributed by atoms with E-state index in [0.717, 1.165) is 16.9 Å². The van der Waals surface area contributed by atoms with Crippen LogP contribution >= 0.6 is 23.2 Å². The summed E-state index contributed by atoms with van der Waals surface area (Å²) in [7, 11) is 1.66. The Morgan fingerprint density at radius 2 is 1.59 bits per heavy atom. The summed E-state index contributed by atoms with van der Waals surface area (Å²) in [5, 5.41) is 10.1. The predicted molar refractivity (Wildman–Crippen MR) is 131 cm³/mol. The molecule has 9 heteroatoms. The first-order chi connectivity index (χ1) is 15.3. The molecule has 0 saturated heterocycles. The number of rotatable bonds is 4. The molecule has 0 spiro atoms. The molecular weight excluding hydrogens is 449 g/mol. The van der Waals surface area contributed by atoms with Gasteiger partial charge in [-0.3, -0.25) is 4.79 Å². The normalized spacial score (nSPS) is 10.8. The van der Waals surface area contributed by atoms with Gasteiger partial charge in [-0.05, 0) is 61.0 Å². The predicted octanol–water partition coefficient (Wildman–Crippen LogP) is 5.94. The fourth-order valence-electron chi connectivity index (χ4n) is 3.15. The number of fused-ring (bicyclic) bond motifs is 1. The Labute approximate surface area is 194 Å². The first kappa shape index (κ1) is 21.7. The van der Waals surface area contributed by atoms with E-state index in [0.29, 0.717) is 32.3 Å². The minimum absolute atomic E-state index is 0.121. The Morgan fingerprint density at radius 3 is 2.34 bits per heavy atom. The maximum Gasteiger partial charge on any atom is 0.323 e. The number of nitrogens with zero attached hydrogens (tertiary/aromatic N) is 2. The number of nitrogens with one attached hydrogen (secondary N) is 3. The summed E-state index contributed by atoms with van der Waals surface area (Å²) in [6.07, 6.45) is 1.50. The molecule has 0 unspecified atom stereocenters. The fraction of sp³-hybridized carbons (Fsp3) is 0.0870. The largest absolute Gasteiger partial charge is 0.355 e. The van der Waals surface area contributed by atoms with E-state index < -0.39 is 6.03 Å². The summed E-state index contributed by atoms with van der Waals surface area (Å²) >= 11 is 11.9. The van der Waals surface area contributed by atoms with E-state index in [-0.39, 0.29) is 5.56 Å². The molecule has 2 amide bonds. The molecule has 7 nitrogen and oxygen atoms in total. The Balaban J connectivity index is 1.53.